The first kappa shape index (κ1) is 24.3. The zero-order valence-corrected chi connectivity index (χ0v) is 18.9. The molecule has 174 valence electrons. The monoisotopic (exact) mass is 465 g/mol. The number of nitrogens with zero attached hydrogens (tertiary/aromatic N) is 2. The summed E-state index contributed by atoms with van der Waals surface area (Å²) < 4.78 is 32.1. The molecule has 0 saturated carbocycles. The van der Waals surface area contributed by atoms with Crippen LogP contribution in [0.1, 0.15) is 24.8 Å². The minimum atomic E-state index is -3.92. The largest absolute Gasteiger partial charge is 0.481 e. The van der Waals surface area contributed by atoms with Gasteiger partial charge in [-0.25, -0.2) is 9.37 Å². The number of carboxylic acid groups (broad SMARTS) is 1. The number of aromatic nitrogens is 1. The minimum absolute atomic E-state index is 0.0572. The average molecular weight is 465 g/mol. The molecule has 0 radical (unpaired) electrons. The van der Waals surface area contributed by atoms with Gasteiger partial charge in [-0.15, -0.1) is 0 Å². The van der Waals surface area contributed by atoms with Crippen LogP contribution in [0, 0.1) is 5.82 Å². The molecule has 1 fully saturated rings. The maximum atomic E-state index is 14.0. The fourth-order valence-corrected chi connectivity index (χ4v) is 6.39. The molecule has 1 aromatic heterocycles. The normalized spacial score (nSPS) is 23.8. The van der Waals surface area contributed by atoms with Crippen LogP contribution in [-0.2, 0) is 15.9 Å². The number of hydrogen-bond donors (Lipinski definition) is 3. The van der Waals surface area contributed by atoms with Crippen molar-refractivity contribution in [1.29, 1.82) is 0 Å². The number of rotatable bonds is 9. The van der Waals surface area contributed by atoms with Gasteiger partial charge >= 0.3 is 5.97 Å². The topological polar surface area (TPSA) is 126 Å². The number of aliphatic carboxylic acids is 1. The first-order chi connectivity index (χ1) is 15.2. The second-order valence-corrected chi connectivity index (χ2v) is 10.8. The van der Waals surface area contributed by atoms with Gasteiger partial charge in [-0.3, -0.25) is 14.3 Å². The molecule has 1 aliphatic rings. The Balaban J connectivity index is 1.90. The molecule has 4 N–H and O–H groups in total. The van der Waals surface area contributed by atoms with Gasteiger partial charge in [-0.2, -0.15) is 0 Å². The van der Waals surface area contributed by atoms with Crippen molar-refractivity contribution in [3.8, 4) is 17.0 Å². The lowest BCUT2D eigenvalue weighted by molar-refractivity contribution is -0.141. The van der Waals surface area contributed by atoms with Crippen LogP contribution in [0.25, 0.3) is 11.1 Å². The Labute approximate surface area is 186 Å². The Kier molecular flexibility index (Phi) is 7.67. The second-order valence-electron chi connectivity index (χ2n) is 8.11. The molecular weight excluding hydrogens is 436 g/mol. The Morgan fingerprint density at radius 3 is 2.75 bits per heavy atom. The molecule has 0 aliphatic carbocycles. The molecule has 2 heterocycles. The van der Waals surface area contributed by atoms with Crippen molar-refractivity contribution in [1.82, 2.24) is 9.88 Å². The summed E-state index contributed by atoms with van der Waals surface area (Å²) in [4.78, 5) is 28.9. The van der Waals surface area contributed by atoms with Gasteiger partial charge < -0.3 is 20.5 Å². The van der Waals surface area contributed by atoms with Gasteiger partial charge in [0.25, 0.3) is 0 Å². The number of halogens is 1. The summed E-state index contributed by atoms with van der Waals surface area (Å²) in [6.07, 6.45) is 2.61. The molecule has 0 bridgehead atoms. The summed E-state index contributed by atoms with van der Waals surface area (Å²) in [6, 6.07) is 7.86. The molecule has 32 heavy (non-hydrogen) atoms. The average Bonchev–Trinajstić information content (AvgIpc) is 2.77. The molecular formula is C22H29FN3O5P. The Morgan fingerprint density at radius 2 is 2.12 bits per heavy atom. The first-order valence-corrected chi connectivity index (χ1v) is 12.3. The van der Waals surface area contributed by atoms with Crippen molar-refractivity contribution in [3.63, 3.8) is 0 Å². The van der Waals surface area contributed by atoms with Crippen molar-refractivity contribution < 1.29 is 28.5 Å². The Bertz CT molecular complexity index is 1000. The highest BCUT2D eigenvalue weighted by Crippen LogP contribution is 2.59. The summed E-state index contributed by atoms with van der Waals surface area (Å²) in [5.74, 6) is -1.23. The van der Waals surface area contributed by atoms with E-state index in [4.69, 9.17) is 10.5 Å². The number of carbonyl (C=O) groups is 1. The van der Waals surface area contributed by atoms with E-state index in [0.717, 1.165) is 5.56 Å². The van der Waals surface area contributed by atoms with E-state index in [1.807, 2.05) is 4.90 Å². The molecule has 1 unspecified atom stereocenters. The van der Waals surface area contributed by atoms with E-state index in [9.17, 15) is 23.7 Å². The van der Waals surface area contributed by atoms with Gasteiger partial charge in [0.15, 0.2) is 5.16 Å². The van der Waals surface area contributed by atoms with Crippen molar-refractivity contribution in [2.75, 3.05) is 32.9 Å². The first-order valence-electron chi connectivity index (χ1n) is 10.5. The fraction of sp³-hybridized carbons (Fsp3) is 0.455. The maximum Gasteiger partial charge on any atom is 0.320 e. The number of pyridine rings is 1. The summed E-state index contributed by atoms with van der Waals surface area (Å²) >= 11 is 0. The third-order valence-corrected chi connectivity index (χ3v) is 8.74. The molecule has 2 atom stereocenters. The van der Waals surface area contributed by atoms with E-state index >= 15 is 0 Å². The van der Waals surface area contributed by atoms with Gasteiger partial charge in [0, 0.05) is 43.6 Å². The van der Waals surface area contributed by atoms with Crippen molar-refractivity contribution in [2.45, 2.75) is 31.0 Å². The van der Waals surface area contributed by atoms with Crippen LogP contribution >= 0.6 is 7.37 Å². The van der Waals surface area contributed by atoms with E-state index in [-0.39, 0.29) is 25.7 Å². The number of hydrogen-bond acceptors (Lipinski definition) is 6. The molecule has 0 spiro atoms. The van der Waals surface area contributed by atoms with Crippen molar-refractivity contribution >= 4 is 13.3 Å². The summed E-state index contributed by atoms with van der Waals surface area (Å²) in [5.41, 5.74) is 7.62. The van der Waals surface area contributed by atoms with E-state index in [1.165, 1.54) is 19.2 Å². The molecule has 8 nitrogen and oxygen atoms in total. The zero-order chi connectivity index (χ0) is 23.4. The van der Waals surface area contributed by atoms with Crippen LogP contribution in [0.3, 0.4) is 0 Å². The highest BCUT2D eigenvalue weighted by molar-refractivity contribution is 7.61. The molecule has 10 heteroatoms. The van der Waals surface area contributed by atoms with Gasteiger partial charge in [0.1, 0.15) is 5.82 Å². The molecule has 0 amide bonds. The lowest BCUT2D eigenvalue weighted by Gasteiger charge is -2.43. The lowest BCUT2D eigenvalue weighted by Crippen LogP contribution is -2.53. The van der Waals surface area contributed by atoms with Crippen molar-refractivity contribution in [3.05, 3.63) is 47.9 Å². The van der Waals surface area contributed by atoms with E-state index in [1.54, 1.807) is 24.4 Å². The summed E-state index contributed by atoms with van der Waals surface area (Å²) in [7, 11) is -2.41. The predicted octanol–water partition coefficient (Wildman–Crippen LogP) is 2.93. The van der Waals surface area contributed by atoms with Gasteiger partial charge in [-0.1, -0.05) is 12.5 Å². The zero-order valence-electron chi connectivity index (χ0n) is 18.0. The predicted molar refractivity (Wildman–Crippen MR) is 119 cm³/mol. The summed E-state index contributed by atoms with van der Waals surface area (Å²) in [6.45, 7) is 0.924. The number of unbranched alkanes of at least 4 members (excludes halogenated alkanes) is 1. The SMILES string of the molecule is COc1ccc(-c2cc(F)ccc2CN2CCP(=O)(O)[C@](CCCCN)(C(=O)O)C2)cn1. The second kappa shape index (κ2) is 10.1. The standard InChI is InChI=1S/C22H29FN3O5P/c1-31-20-7-5-16(13-25-20)19-12-18(23)6-4-17(19)14-26-10-11-32(29,30)22(15-26,21(27)28)8-2-3-9-24/h4-7,12-13H,2-3,8-11,14-15,24H2,1H3,(H,27,28)(H,29,30)/t22-/m0/s1. The number of carboxylic acids is 1. The molecule has 1 aliphatic heterocycles. The molecule has 3 rings (SSSR count). The van der Waals surface area contributed by atoms with E-state index in [2.05, 4.69) is 4.98 Å². The minimum Gasteiger partial charge on any atom is -0.481 e. The Hall–Kier alpha value is -2.32. The van der Waals surface area contributed by atoms with E-state index < -0.39 is 24.3 Å². The number of ether oxygens (including phenoxy) is 1. The highest BCUT2D eigenvalue weighted by atomic mass is 31.2. The third-order valence-electron chi connectivity index (χ3n) is 6.04. The van der Waals surface area contributed by atoms with Gasteiger partial charge in [0.2, 0.25) is 13.2 Å². The fourth-order valence-electron chi connectivity index (χ4n) is 4.18. The third kappa shape index (κ3) is 5.02. The number of benzene rings is 1. The van der Waals surface area contributed by atoms with Crippen LogP contribution < -0.4 is 10.5 Å². The molecule has 1 saturated heterocycles. The Morgan fingerprint density at radius 1 is 1.34 bits per heavy atom. The molecule has 1 aromatic carbocycles. The van der Waals surface area contributed by atoms with Crippen LogP contribution in [0.4, 0.5) is 4.39 Å². The van der Waals surface area contributed by atoms with E-state index in [0.29, 0.717) is 42.9 Å². The van der Waals surface area contributed by atoms with Crippen LogP contribution in [0.2, 0.25) is 0 Å². The van der Waals surface area contributed by atoms with Gasteiger partial charge in [-0.05, 0) is 48.7 Å². The van der Waals surface area contributed by atoms with Crippen molar-refractivity contribution in [2.24, 2.45) is 5.73 Å². The smallest absolute Gasteiger partial charge is 0.320 e. The lowest BCUT2D eigenvalue weighted by atomic mass is 9.97. The quantitative estimate of drug-likeness (QED) is 0.381. The van der Waals surface area contributed by atoms with Crippen LogP contribution in [-0.4, -0.2) is 63.9 Å². The maximum absolute atomic E-state index is 14.0. The number of methoxy groups -OCH3 is 1. The van der Waals surface area contributed by atoms with Gasteiger partial charge in [0.05, 0.1) is 7.11 Å². The summed E-state index contributed by atoms with van der Waals surface area (Å²) in [5, 5.41) is 8.23. The molecule has 2 aromatic rings. The highest BCUT2D eigenvalue weighted by Gasteiger charge is 2.56. The van der Waals surface area contributed by atoms with Crippen LogP contribution in [0.5, 0.6) is 5.88 Å². The number of nitrogens with two attached hydrogens (primary N) is 1. The van der Waals surface area contributed by atoms with Crippen LogP contribution in [0.15, 0.2) is 36.5 Å².